The van der Waals surface area contributed by atoms with Crippen LogP contribution < -0.4 is 0 Å². The molecule has 0 aromatic carbocycles. The first-order valence-electron chi connectivity index (χ1n) is 14.5. The first-order chi connectivity index (χ1) is 16.3. The van der Waals surface area contributed by atoms with Gasteiger partial charge in [0.1, 0.15) is 0 Å². The van der Waals surface area contributed by atoms with Crippen molar-refractivity contribution in [2.24, 2.45) is 56.7 Å². The maximum absolute atomic E-state index is 10.9. The van der Waals surface area contributed by atoms with Crippen LogP contribution in [0.3, 0.4) is 0 Å². The van der Waals surface area contributed by atoms with E-state index in [1.165, 1.54) is 69.8 Å². The minimum atomic E-state index is -0.0879. The molecule has 0 aromatic heterocycles. The fourth-order valence-corrected chi connectivity index (χ4v) is 11.3. The van der Waals surface area contributed by atoms with Crippen LogP contribution in [0, 0.1) is 56.7 Å². The standard InChI is InChI=1S/C31H52O.2HI.V/c1-20(2)21(3)9-10-22(4)23-13-15-29(8)25-12-11-24-27(5,6)26(32)14-16-30(24)19-31(25,30)18-17-28(23,29)7;;;/h21-26,32H,1,9-19H2,2-8H3;2*1H;/q;;;+2/p-2. The molecule has 0 heterocycles. The predicted octanol–water partition coefficient (Wildman–Crippen LogP) is 10.2. The molecule has 35 heavy (non-hydrogen) atoms. The summed E-state index contributed by atoms with van der Waals surface area (Å²) in [7, 11) is 0.628. The van der Waals surface area contributed by atoms with Crippen molar-refractivity contribution >= 4 is 40.0 Å². The number of fused-ring (bicyclic) bond motifs is 2. The van der Waals surface area contributed by atoms with Crippen LogP contribution in [-0.4, -0.2) is 11.2 Å². The Kier molecular flexibility index (Phi) is 8.74. The van der Waals surface area contributed by atoms with Crippen molar-refractivity contribution < 1.29 is 14.6 Å². The van der Waals surface area contributed by atoms with E-state index in [4.69, 9.17) is 0 Å². The monoisotopic (exact) mass is 745 g/mol. The Balaban J connectivity index is 0.000000917. The topological polar surface area (TPSA) is 20.2 Å². The Bertz CT molecular complexity index is 814. The summed E-state index contributed by atoms with van der Waals surface area (Å²) in [6.45, 7) is 21.6. The second-order valence-electron chi connectivity index (χ2n) is 14.9. The van der Waals surface area contributed by atoms with Crippen LogP contribution in [0.5, 0.6) is 0 Å². The van der Waals surface area contributed by atoms with Crippen LogP contribution in [0.2, 0.25) is 0 Å². The van der Waals surface area contributed by atoms with Crippen molar-refractivity contribution in [1.82, 2.24) is 0 Å². The summed E-state index contributed by atoms with van der Waals surface area (Å²) >= 11 is 4.74. The van der Waals surface area contributed by atoms with E-state index < -0.39 is 0 Å². The first-order valence-corrected chi connectivity index (χ1v) is 23.5. The van der Waals surface area contributed by atoms with Crippen molar-refractivity contribution in [1.29, 1.82) is 0 Å². The van der Waals surface area contributed by atoms with Gasteiger partial charge in [0.2, 0.25) is 0 Å². The van der Waals surface area contributed by atoms with Crippen molar-refractivity contribution in [3.05, 3.63) is 12.2 Å². The van der Waals surface area contributed by atoms with Crippen LogP contribution in [0.15, 0.2) is 12.2 Å². The molecule has 10 unspecified atom stereocenters. The molecular formula is C31H52I2OV. The number of hydrogen-bond donors (Lipinski definition) is 1. The van der Waals surface area contributed by atoms with Gasteiger partial charge in [0.15, 0.2) is 0 Å². The minimum absolute atomic E-state index is 0.0879. The molecule has 5 saturated carbocycles. The molecule has 1 N–H and O–H groups in total. The van der Waals surface area contributed by atoms with Gasteiger partial charge in [0.05, 0.1) is 6.10 Å². The van der Waals surface area contributed by atoms with Gasteiger partial charge in [-0.25, -0.2) is 0 Å². The molecule has 10 atom stereocenters. The predicted molar refractivity (Wildman–Crippen MR) is 163 cm³/mol. The van der Waals surface area contributed by atoms with Gasteiger partial charge in [0, 0.05) is 0 Å². The van der Waals surface area contributed by atoms with Crippen LogP contribution in [-0.2, 0) is 9.47 Å². The van der Waals surface area contributed by atoms with Gasteiger partial charge in [0.25, 0.3) is 0 Å². The summed E-state index contributed by atoms with van der Waals surface area (Å²) in [5.41, 5.74) is 3.71. The third kappa shape index (κ3) is 4.35. The van der Waals surface area contributed by atoms with Crippen molar-refractivity contribution in [2.45, 2.75) is 125 Å². The summed E-state index contributed by atoms with van der Waals surface area (Å²) in [5, 5.41) is 10.9. The first kappa shape index (κ1) is 29.7. The zero-order valence-electron chi connectivity index (χ0n) is 23.6. The molecule has 201 valence electrons. The van der Waals surface area contributed by atoms with Gasteiger partial charge in [-0.3, -0.25) is 0 Å². The van der Waals surface area contributed by atoms with Gasteiger partial charge < -0.3 is 5.11 Å². The summed E-state index contributed by atoms with van der Waals surface area (Å²) in [5.74, 6) is 4.09. The molecule has 0 aromatic rings. The molecular weight excluding hydrogens is 693 g/mol. The molecule has 5 aliphatic rings. The molecule has 0 aliphatic heterocycles. The average Bonchev–Trinajstić information content (AvgIpc) is 3.37. The van der Waals surface area contributed by atoms with Gasteiger partial charge in [-0.05, 0) is 134 Å². The second kappa shape index (κ2) is 10.3. The SMILES string of the molecule is C=C(C)C(C)CCC(C)C1CCC2(C)C3CCC4C(C)(C)C(O)CCC45CC35CCC12C.[I][V][I]. The Morgan fingerprint density at radius 2 is 1.49 bits per heavy atom. The van der Waals surface area contributed by atoms with E-state index in [2.05, 4.69) is 95.0 Å². The Labute approximate surface area is 246 Å². The summed E-state index contributed by atoms with van der Waals surface area (Å²) in [6, 6.07) is 0. The Morgan fingerprint density at radius 3 is 2.11 bits per heavy atom. The van der Waals surface area contributed by atoms with Crippen molar-refractivity contribution in [3.8, 4) is 0 Å². The van der Waals surface area contributed by atoms with Gasteiger partial charge >= 0.3 is 49.4 Å². The Morgan fingerprint density at radius 1 is 0.886 bits per heavy atom. The maximum atomic E-state index is 10.9. The fraction of sp³-hybridized carbons (Fsp3) is 0.935. The molecule has 5 aliphatic carbocycles. The number of hydrogen-bond acceptors (Lipinski definition) is 1. The third-order valence-corrected chi connectivity index (χ3v) is 13.7. The number of allylic oxidation sites excluding steroid dienone is 1. The van der Waals surface area contributed by atoms with E-state index >= 15 is 0 Å². The molecule has 0 radical (unpaired) electrons. The molecule has 5 rings (SSSR count). The van der Waals surface area contributed by atoms with Gasteiger partial charge in [-0.2, -0.15) is 0 Å². The second-order valence-corrected chi connectivity index (χ2v) is 26.7. The van der Waals surface area contributed by atoms with E-state index in [-0.39, 0.29) is 11.5 Å². The average molecular weight is 746 g/mol. The van der Waals surface area contributed by atoms with Crippen LogP contribution in [0.1, 0.15) is 119 Å². The van der Waals surface area contributed by atoms with E-state index in [0.717, 1.165) is 30.1 Å². The summed E-state index contributed by atoms with van der Waals surface area (Å²) in [6.07, 6.45) is 15.1. The number of rotatable bonds is 5. The van der Waals surface area contributed by atoms with Crippen molar-refractivity contribution in [2.75, 3.05) is 0 Å². The van der Waals surface area contributed by atoms with E-state index in [1.807, 2.05) is 0 Å². The molecule has 0 amide bonds. The van der Waals surface area contributed by atoms with Gasteiger partial charge in [-0.1, -0.05) is 53.7 Å². The van der Waals surface area contributed by atoms with Crippen LogP contribution >= 0.6 is 40.0 Å². The number of aliphatic hydroxyl groups is 1. The molecule has 0 bridgehead atoms. The van der Waals surface area contributed by atoms with Crippen molar-refractivity contribution in [3.63, 3.8) is 0 Å². The molecule has 5 fully saturated rings. The van der Waals surface area contributed by atoms with Crippen LogP contribution in [0.25, 0.3) is 0 Å². The normalized spacial score (nSPS) is 48.6. The zero-order valence-corrected chi connectivity index (χ0v) is 29.3. The number of halogens is 2. The molecule has 2 spiro atoms. The van der Waals surface area contributed by atoms with E-state index in [9.17, 15) is 5.11 Å². The fourth-order valence-electron chi connectivity index (χ4n) is 11.3. The summed E-state index contributed by atoms with van der Waals surface area (Å²) in [4.78, 5) is 0. The Hall–Kier alpha value is 1.74. The summed E-state index contributed by atoms with van der Waals surface area (Å²) < 4.78 is 0. The van der Waals surface area contributed by atoms with Crippen LogP contribution in [0.4, 0.5) is 0 Å². The third-order valence-electron chi connectivity index (χ3n) is 13.7. The molecule has 4 heteroatoms. The molecule has 0 saturated heterocycles. The quantitative estimate of drug-likeness (QED) is 0.220. The molecule has 1 nitrogen and oxygen atoms in total. The zero-order chi connectivity index (χ0) is 26.0. The van der Waals surface area contributed by atoms with Gasteiger partial charge in [-0.15, -0.1) is 0 Å². The van der Waals surface area contributed by atoms with E-state index in [1.54, 1.807) is 0 Å². The van der Waals surface area contributed by atoms with E-state index in [0.29, 0.717) is 37.0 Å². The number of aliphatic hydroxyl groups excluding tert-OH is 1.